The van der Waals surface area contributed by atoms with Crippen molar-refractivity contribution in [3.05, 3.63) is 18.2 Å². The quantitative estimate of drug-likeness (QED) is 0.766. The highest BCUT2D eigenvalue weighted by Gasteiger charge is 2.38. The van der Waals surface area contributed by atoms with Crippen molar-refractivity contribution in [1.82, 2.24) is 9.80 Å². The van der Waals surface area contributed by atoms with Crippen molar-refractivity contribution >= 4 is 23.4 Å². The Bertz CT molecular complexity index is 757. The standard InChI is InChI=1S/C18H21N3O5/c1-12(22)19-4-6-20(7-5-19)18(24)13-8-17(23)21(10-13)14-2-3-15-16(9-14)26-11-25-15/h2-3,9,13H,4-8,10-11H2,1H3. The minimum Gasteiger partial charge on any atom is -0.454 e. The molecule has 1 atom stereocenters. The molecule has 138 valence electrons. The maximum Gasteiger partial charge on any atom is 0.231 e. The van der Waals surface area contributed by atoms with Crippen LogP contribution in [0.15, 0.2) is 18.2 Å². The molecule has 0 saturated carbocycles. The van der Waals surface area contributed by atoms with Gasteiger partial charge in [0.25, 0.3) is 0 Å². The van der Waals surface area contributed by atoms with Gasteiger partial charge in [-0.05, 0) is 12.1 Å². The van der Waals surface area contributed by atoms with E-state index in [1.807, 2.05) is 6.07 Å². The normalized spacial score (nSPS) is 22.1. The molecule has 0 spiro atoms. The summed E-state index contributed by atoms with van der Waals surface area (Å²) in [6.45, 7) is 4.22. The summed E-state index contributed by atoms with van der Waals surface area (Å²) in [6, 6.07) is 5.36. The van der Waals surface area contributed by atoms with E-state index < -0.39 is 0 Å². The molecular formula is C18H21N3O5. The number of piperazine rings is 1. The molecule has 8 heteroatoms. The maximum absolute atomic E-state index is 12.8. The van der Waals surface area contributed by atoms with Crippen LogP contribution in [0.5, 0.6) is 11.5 Å². The number of ether oxygens (including phenoxy) is 2. The number of carbonyl (C=O) groups is 3. The van der Waals surface area contributed by atoms with Crippen LogP contribution in [0.2, 0.25) is 0 Å². The molecule has 8 nitrogen and oxygen atoms in total. The van der Waals surface area contributed by atoms with Gasteiger partial charge in [0, 0.05) is 57.8 Å². The van der Waals surface area contributed by atoms with Gasteiger partial charge in [-0.1, -0.05) is 0 Å². The first-order valence-electron chi connectivity index (χ1n) is 8.77. The first-order valence-corrected chi connectivity index (χ1v) is 8.77. The molecule has 0 aromatic heterocycles. The fraction of sp³-hybridized carbons (Fsp3) is 0.500. The summed E-state index contributed by atoms with van der Waals surface area (Å²) in [5.74, 6) is 0.884. The highest BCUT2D eigenvalue weighted by atomic mass is 16.7. The van der Waals surface area contributed by atoms with Crippen LogP contribution in [0.25, 0.3) is 0 Å². The van der Waals surface area contributed by atoms with Crippen LogP contribution >= 0.6 is 0 Å². The predicted molar refractivity (Wildman–Crippen MR) is 91.9 cm³/mol. The third-order valence-electron chi connectivity index (χ3n) is 5.18. The van der Waals surface area contributed by atoms with Crippen LogP contribution in [-0.4, -0.2) is 67.0 Å². The molecule has 3 aliphatic rings. The lowest BCUT2D eigenvalue weighted by Gasteiger charge is -2.35. The second-order valence-corrected chi connectivity index (χ2v) is 6.77. The Morgan fingerprint density at radius 1 is 1.04 bits per heavy atom. The fourth-order valence-electron chi connectivity index (χ4n) is 3.68. The van der Waals surface area contributed by atoms with Crippen LogP contribution < -0.4 is 14.4 Å². The topological polar surface area (TPSA) is 79.4 Å². The largest absolute Gasteiger partial charge is 0.454 e. The summed E-state index contributed by atoms with van der Waals surface area (Å²) in [5, 5.41) is 0. The fourth-order valence-corrected chi connectivity index (χ4v) is 3.68. The Morgan fingerprint density at radius 3 is 2.46 bits per heavy atom. The van der Waals surface area contributed by atoms with E-state index in [-0.39, 0.29) is 36.9 Å². The number of carbonyl (C=O) groups excluding carboxylic acids is 3. The minimum atomic E-state index is -0.350. The smallest absolute Gasteiger partial charge is 0.231 e. The SMILES string of the molecule is CC(=O)N1CCN(C(=O)C2CC(=O)N(c3ccc4c(c3)OCO4)C2)CC1. The number of hydrogen-bond donors (Lipinski definition) is 0. The number of benzene rings is 1. The lowest BCUT2D eigenvalue weighted by molar-refractivity contribution is -0.141. The second-order valence-electron chi connectivity index (χ2n) is 6.77. The van der Waals surface area contributed by atoms with Crippen molar-refractivity contribution in [2.24, 2.45) is 5.92 Å². The van der Waals surface area contributed by atoms with Gasteiger partial charge < -0.3 is 24.2 Å². The Balaban J connectivity index is 1.41. The zero-order valence-electron chi connectivity index (χ0n) is 14.6. The molecule has 1 unspecified atom stereocenters. The molecule has 3 heterocycles. The van der Waals surface area contributed by atoms with Crippen LogP contribution in [0.1, 0.15) is 13.3 Å². The van der Waals surface area contributed by atoms with Gasteiger partial charge in [0.15, 0.2) is 11.5 Å². The first-order chi connectivity index (χ1) is 12.5. The minimum absolute atomic E-state index is 0.00945. The third kappa shape index (κ3) is 2.95. The van der Waals surface area contributed by atoms with E-state index in [0.29, 0.717) is 44.2 Å². The van der Waals surface area contributed by atoms with Gasteiger partial charge in [-0.15, -0.1) is 0 Å². The highest BCUT2D eigenvalue weighted by Crippen LogP contribution is 2.37. The van der Waals surface area contributed by atoms with E-state index in [0.717, 1.165) is 5.69 Å². The van der Waals surface area contributed by atoms with E-state index in [1.54, 1.807) is 26.8 Å². The van der Waals surface area contributed by atoms with Gasteiger partial charge in [0.05, 0.1) is 5.92 Å². The Labute approximate surface area is 151 Å². The van der Waals surface area contributed by atoms with Crippen LogP contribution in [0, 0.1) is 5.92 Å². The number of nitrogens with zero attached hydrogens (tertiary/aromatic N) is 3. The lowest BCUT2D eigenvalue weighted by atomic mass is 10.1. The molecular weight excluding hydrogens is 338 g/mol. The van der Waals surface area contributed by atoms with Crippen LogP contribution in [0.3, 0.4) is 0 Å². The van der Waals surface area contributed by atoms with Gasteiger partial charge in [0.1, 0.15) is 0 Å². The Morgan fingerprint density at radius 2 is 1.73 bits per heavy atom. The molecule has 0 radical (unpaired) electrons. The Kier molecular flexibility index (Phi) is 4.18. The van der Waals surface area contributed by atoms with E-state index in [1.165, 1.54) is 6.92 Å². The van der Waals surface area contributed by atoms with Gasteiger partial charge >= 0.3 is 0 Å². The predicted octanol–water partition coefficient (Wildman–Crippen LogP) is 0.459. The van der Waals surface area contributed by atoms with Crippen molar-refractivity contribution < 1.29 is 23.9 Å². The zero-order chi connectivity index (χ0) is 18.3. The average Bonchev–Trinajstić information content (AvgIpc) is 3.26. The summed E-state index contributed by atoms with van der Waals surface area (Å²) in [5.41, 5.74) is 0.718. The summed E-state index contributed by atoms with van der Waals surface area (Å²) in [6.07, 6.45) is 0.209. The van der Waals surface area contributed by atoms with Crippen molar-refractivity contribution in [3.8, 4) is 11.5 Å². The molecule has 4 rings (SSSR count). The van der Waals surface area contributed by atoms with Gasteiger partial charge in [-0.25, -0.2) is 0 Å². The highest BCUT2D eigenvalue weighted by molar-refractivity contribution is 6.00. The van der Waals surface area contributed by atoms with E-state index >= 15 is 0 Å². The van der Waals surface area contributed by atoms with Crippen molar-refractivity contribution in [2.45, 2.75) is 13.3 Å². The van der Waals surface area contributed by atoms with Gasteiger partial charge in [0.2, 0.25) is 24.5 Å². The van der Waals surface area contributed by atoms with Gasteiger partial charge in [-0.2, -0.15) is 0 Å². The van der Waals surface area contributed by atoms with E-state index in [4.69, 9.17) is 9.47 Å². The number of amides is 3. The average molecular weight is 359 g/mol. The lowest BCUT2D eigenvalue weighted by Crippen LogP contribution is -2.51. The molecule has 2 fully saturated rings. The number of rotatable bonds is 2. The summed E-state index contributed by atoms with van der Waals surface area (Å²) < 4.78 is 10.7. The molecule has 3 amide bonds. The maximum atomic E-state index is 12.8. The zero-order valence-corrected chi connectivity index (χ0v) is 14.6. The number of anilines is 1. The van der Waals surface area contributed by atoms with Crippen molar-refractivity contribution in [1.29, 1.82) is 0 Å². The summed E-state index contributed by atoms with van der Waals surface area (Å²) in [7, 11) is 0. The number of fused-ring (bicyclic) bond motifs is 1. The van der Waals surface area contributed by atoms with Crippen molar-refractivity contribution in [2.75, 3.05) is 44.4 Å². The second kappa shape index (κ2) is 6.51. The molecule has 0 N–H and O–H groups in total. The van der Waals surface area contributed by atoms with Crippen LogP contribution in [-0.2, 0) is 14.4 Å². The number of hydrogen-bond acceptors (Lipinski definition) is 5. The van der Waals surface area contributed by atoms with E-state index in [9.17, 15) is 14.4 Å². The summed E-state index contributed by atoms with van der Waals surface area (Å²) in [4.78, 5) is 41.8. The molecule has 1 aromatic carbocycles. The molecule has 1 aromatic rings. The Hall–Kier alpha value is -2.77. The molecule has 3 aliphatic heterocycles. The molecule has 2 saturated heterocycles. The third-order valence-corrected chi connectivity index (χ3v) is 5.18. The molecule has 0 bridgehead atoms. The molecule has 26 heavy (non-hydrogen) atoms. The monoisotopic (exact) mass is 359 g/mol. The van der Waals surface area contributed by atoms with E-state index in [2.05, 4.69) is 0 Å². The van der Waals surface area contributed by atoms with Crippen LogP contribution in [0.4, 0.5) is 5.69 Å². The molecule has 0 aliphatic carbocycles. The summed E-state index contributed by atoms with van der Waals surface area (Å²) >= 11 is 0. The van der Waals surface area contributed by atoms with Gasteiger partial charge in [-0.3, -0.25) is 14.4 Å². The van der Waals surface area contributed by atoms with Crippen molar-refractivity contribution in [3.63, 3.8) is 0 Å². The first kappa shape index (κ1) is 16.7.